The summed E-state index contributed by atoms with van der Waals surface area (Å²) in [4.78, 5) is 37.1. The first-order valence-electron chi connectivity index (χ1n) is 7.31. The number of nitrogens with zero attached hydrogens (tertiary/aromatic N) is 4. The highest BCUT2D eigenvalue weighted by Crippen LogP contribution is 2.17. The molecule has 0 atom stereocenters. The van der Waals surface area contributed by atoms with Crippen molar-refractivity contribution in [2.45, 2.75) is 0 Å². The van der Waals surface area contributed by atoms with E-state index in [1.807, 2.05) is 17.0 Å². The molecule has 124 valence electrons. The van der Waals surface area contributed by atoms with E-state index in [4.69, 9.17) is 0 Å². The van der Waals surface area contributed by atoms with Gasteiger partial charge in [0.25, 0.3) is 0 Å². The van der Waals surface area contributed by atoms with Gasteiger partial charge in [-0.05, 0) is 12.1 Å². The standard InChI is InChI=1S/C15H16N6O3/c1-24-14(23)10-6-18-15(19-7-10)20-11-2-3-12(17-8-11)21-5-4-16-13(22)9-21/h2-3,6-8H,4-5,9H2,1H3,(H,16,22)(H,18,19,20). The van der Waals surface area contributed by atoms with Crippen LogP contribution in [0.5, 0.6) is 0 Å². The Labute approximate surface area is 138 Å². The zero-order chi connectivity index (χ0) is 16.9. The molecule has 2 N–H and O–H groups in total. The average Bonchev–Trinajstić information content (AvgIpc) is 2.62. The lowest BCUT2D eigenvalue weighted by atomic mass is 10.3. The highest BCUT2D eigenvalue weighted by molar-refractivity contribution is 5.88. The highest BCUT2D eigenvalue weighted by atomic mass is 16.5. The van der Waals surface area contributed by atoms with Crippen LogP contribution >= 0.6 is 0 Å². The zero-order valence-corrected chi connectivity index (χ0v) is 13.0. The van der Waals surface area contributed by atoms with Gasteiger partial charge in [0.2, 0.25) is 11.9 Å². The lowest BCUT2D eigenvalue weighted by molar-refractivity contribution is -0.120. The number of rotatable bonds is 4. The molecule has 24 heavy (non-hydrogen) atoms. The minimum absolute atomic E-state index is 0.00986. The van der Waals surface area contributed by atoms with E-state index < -0.39 is 5.97 Å². The van der Waals surface area contributed by atoms with E-state index in [0.717, 1.165) is 12.4 Å². The Bertz CT molecular complexity index is 732. The predicted octanol–water partition coefficient (Wildman–Crippen LogP) is 0.338. The molecule has 9 nitrogen and oxygen atoms in total. The molecule has 0 spiro atoms. The summed E-state index contributed by atoms with van der Waals surface area (Å²) < 4.78 is 4.59. The Morgan fingerprint density at radius 1 is 1.25 bits per heavy atom. The molecule has 3 rings (SSSR count). The predicted molar refractivity (Wildman–Crippen MR) is 86.1 cm³/mol. The summed E-state index contributed by atoms with van der Waals surface area (Å²) in [6.45, 7) is 1.64. The molecule has 1 aliphatic heterocycles. The quantitative estimate of drug-likeness (QED) is 0.773. The number of pyridine rings is 1. The fourth-order valence-electron chi connectivity index (χ4n) is 2.23. The summed E-state index contributed by atoms with van der Waals surface area (Å²) in [5.41, 5.74) is 0.978. The number of anilines is 3. The summed E-state index contributed by atoms with van der Waals surface area (Å²) in [6.07, 6.45) is 4.41. The largest absolute Gasteiger partial charge is 0.465 e. The molecule has 1 saturated heterocycles. The van der Waals surface area contributed by atoms with Gasteiger partial charge < -0.3 is 20.3 Å². The van der Waals surface area contributed by atoms with Gasteiger partial charge in [-0.25, -0.2) is 19.7 Å². The van der Waals surface area contributed by atoms with Crippen LogP contribution in [0, 0.1) is 0 Å². The molecule has 1 amide bonds. The Kier molecular flexibility index (Phi) is 4.50. The van der Waals surface area contributed by atoms with E-state index >= 15 is 0 Å². The second kappa shape index (κ2) is 6.90. The Balaban J connectivity index is 1.65. The molecular formula is C15H16N6O3. The lowest BCUT2D eigenvalue weighted by Gasteiger charge is -2.27. The molecule has 9 heteroatoms. The van der Waals surface area contributed by atoms with Gasteiger partial charge in [0.15, 0.2) is 0 Å². The van der Waals surface area contributed by atoms with E-state index in [1.165, 1.54) is 19.5 Å². The molecule has 0 bridgehead atoms. The topological polar surface area (TPSA) is 109 Å². The first-order valence-corrected chi connectivity index (χ1v) is 7.31. The van der Waals surface area contributed by atoms with E-state index in [2.05, 4.69) is 30.3 Å². The third-order valence-electron chi connectivity index (χ3n) is 3.44. The first-order chi connectivity index (χ1) is 11.7. The van der Waals surface area contributed by atoms with Crippen molar-refractivity contribution < 1.29 is 14.3 Å². The van der Waals surface area contributed by atoms with Gasteiger partial charge >= 0.3 is 5.97 Å². The smallest absolute Gasteiger partial charge is 0.341 e. The summed E-state index contributed by atoms with van der Waals surface area (Å²) in [6, 6.07) is 3.65. The molecule has 0 aromatic carbocycles. The highest BCUT2D eigenvalue weighted by Gasteiger charge is 2.17. The maximum Gasteiger partial charge on any atom is 0.341 e. The van der Waals surface area contributed by atoms with Crippen LogP contribution in [0.4, 0.5) is 17.5 Å². The molecule has 3 heterocycles. The first kappa shape index (κ1) is 15.7. The number of carbonyl (C=O) groups is 2. The third-order valence-corrected chi connectivity index (χ3v) is 3.44. The number of carbonyl (C=O) groups excluding carboxylic acids is 2. The van der Waals surface area contributed by atoms with E-state index in [-0.39, 0.29) is 11.5 Å². The van der Waals surface area contributed by atoms with Gasteiger partial charge in [-0.2, -0.15) is 0 Å². The van der Waals surface area contributed by atoms with Crippen molar-refractivity contribution in [1.29, 1.82) is 0 Å². The number of piperazine rings is 1. The summed E-state index contributed by atoms with van der Waals surface area (Å²) in [5, 5.41) is 5.76. The zero-order valence-electron chi connectivity index (χ0n) is 13.0. The number of ether oxygens (including phenoxy) is 1. The molecule has 0 aliphatic carbocycles. The molecule has 1 fully saturated rings. The van der Waals surface area contributed by atoms with Crippen LogP contribution in [-0.4, -0.2) is 53.6 Å². The van der Waals surface area contributed by atoms with Crippen molar-refractivity contribution in [3.8, 4) is 0 Å². The molecule has 1 aliphatic rings. The molecule has 0 saturated carbocycles. The van der Waals surface area contributed by atoms with E-state index in [9.17, 15) is 9.59 Å². The molecule has 2 aromatic rings. The van der Waals surface area contributed by atoms with E-state index in [0.29, 0.717) is 24.7 Å². The lowest BCUT2D eigenvalue weighted by Crippen LogP contribution is -2.48. The average molecular weight is 328 g/mol. The number of nitrogens with one attached hydrogen (secondary N) is 2. The van der Waals surface area contributed by atoms with Crippen molar-refractivity contribution in [3.05, 3.63) is 36.3 Å². The fourth-order valence-corrected chi connectivity index (χ4v) is 2.23. The summed E-state index contributed by atoms with van der Waals surface area (Å²) in [5.74, 6) is 0.578. The second-order valence-corrected chi connectivity index (χ2v) is 5.09. The molecule has 0 unspecified atom stereocenters. The van der Waals surface area contributed by atoms with Crippen LogP contribution in [-0.2, 0) is 9.53 Å². The number of hydrogen-bond donors (Lipinski definition) is 2. The van der Waals surface area contributed by atoms with Gasteiger partial charge in [-0.3, -0.25) is 4.79 Å². The molecule has 0 radical (unpaired) electrons. The van der Waals surface area contributed by atoms with Crippen LogP contribution in [0.25, 0.3) is 0 Å². The van der Waals surface area contributed by atoms with Gasteiger partial charge in [-0.15, -0.1) is 0 Å². The number of methoxy groups -OCH3 is 1. The number of aromatic nitrogens is 3. The minimum atomic E-state index is -0.488. The van der Waals surface area contributed by atoms with Crippen LogP contribution in [0.3, 0.4) is 0 Å². The SMILES string of the molecule is COC(=O)c1cnc(Nc2ccc(N3CCNC(=O)C3)nc2)nc1. The van der Waals surface area contributed by atoms with Crippen LogP contribution in [0.1, 0.15) is 10.4 Å². The van der Waals surface area contributed by atoms with E-state index in [1.54, 1.807) is 6.20 Å². The van der Waals surface area contributed by atoms with Crippen LogP contribution < -0.4 is 15.5 Å². The van der Waals surface area contributed by atoms with Crippen molar-refractivity contribution in [2.75, 3.05) is 37.0 Å². The fraction of sp³-hybridized carbons (Fsp3) is 0.267. The maximum absolute atomic E-state index is 11.4. The van der Waals surface area contributed by atoms with Gasteiger partial charge in [0.1, 0.15) is 5.82 Å². The third kappa shape index (κ3) is 3.57. The van der Waals surface area contributed by atoms with Crippen LogP contribution in [0.15, 0.2) is 30.7 Å². The Morgan fingerprint density at radius 3 is 2.67 bits per heavy atom. The van der Waals surface area contributed by atoms with Crippen molar-refractivity contribution in [2.24, 2.45) is 0 Å². The van der Waals surface area contributed by atoms with Gasteiger partial charge in [0.05, 0.1) is 31.1 Å². The van der Waals surface area contributed by atoms with Crippen LogP contribution in [0.2, 0.25) is 0 Å². The summed E-state index contributed by atoms with van der Waals surface area (Å²) in [7, 11) is 1.30. The van der Waals surface area contributed by atoms with Crippen molar-refractivity contribution >= 4 is 29.3 Å². The Hall–Kier alpha value is -3.23. The second-order valence-electron chi connectivity index (χ2n) is 5.09. The van der Waals surface area contributed by atoms with Crippen molar-refractivity contribution in [1.82, 2.24) is 20.3 Å². The molecular weight excluding hydrogens is 312 g/mol. The minimum Gasteiger partial charge on any atom is -0.465 e. The normalized spacial score (nSPS) is 14.0. The summed E-state index contributed by atoms with van der Waals surface area (Å²) >= 11 is 0. The number of esters is 1. The maximum atomic E-state index is 11.4. The van der Waals surface area contributed by atoms with Gasteiger partial charge in [0, 0.05) is 25.5 Å². The number of amides is 1. The Morgan fingerprint density at radius 2 is 2.04 bits per heavy atom. The molecule has 2 aromatic heterocycles. The van der Waals surface area contributed by atoms with Crippen molar-refractivity contribution in [3.63, 3.8) is 0 Å². The monoisotopic (exact) mass is 328 g/mol. The van der Waals surface area contributed by atoms with Gasteiger partial charge in [-0.1, -0.05) is 0 Å². The number of hydrogen-bond acceptors (Lipinski definition) is 8.